The van der Waals surface area contributed by atoms with Crippen molar-refractivity contribution in [3.63, 3.8) is 0 Å². The molecule has 1 saturated carbocycles. The second-order valence-electron chi connectivity index (χ2n) is 9.28. The van der Waals surface area contributed by atoms with Gasteiger partial charge in [0.05, 0.1) is 13.2 Å². The first-order valence-corrected chi connectivity index (χ1v) is 11.3. The van der Waals surface area contributed by atoms with Crippen LogP contribution in [0.3, 0.4) is 0 Å². The SMILES string of the molecule is COC(=O)CCCCCC[C@@H]1[C@@H](c2ccc(CC(C)(C)CO)cc2)[C@H](O)C[C@@H]1Cl. The molecule has 29 heavy (non-hydrogen) atoms. The first-order valence-electron chi connectivity index (χ1n) is 10.9. The highest BCUT2D eigenvalue weighted by molar-refractivity contribution is 6.21. The summed E-state index contributed by atoms with van der Waals surface area (Å²) in [6, 6.07) is 8.47. The number of halogens is 1. The summed E-state index contributed by atoms with van der Waals surface area (Å²) in [7, 11) is 1.43. The van der Waals surface area contributed by atoms with Gasteiger partial charge in [-0.1, -0.05) is 57.4 Å². The normalized spacial score (nSPS) is 24.6. The molecule has 5 heteroatoms. The van der Waals surface area contributed by atoms with Crippen LogP contribution in [0.2, 0.25) is 0 Å². The van der Waals surface area contributed by atoms with Crippen molar-refractivity contribution in [3.8, 4) is 0 Å². The van der Waals surface area contributed by atoms with Crippen molar-refractivity contribution in [2.45, 2.75) is 82.6 Å². The maximum absolute atomic E-state index is 11.2. The average molecular weight is 425 g/mol. The van der Waals surface area contributed by atoms with Crippen LogP contribution in [0, 0.1) is 11.3 Å². The lowest BCUT2D eigenvalue weighted by molar-refractivity contribution is -0.140. The van der Waals surface area contributed by atoms with Crippen LogP contribution in [0.4, 0.5) is 0 Å². The van der Waals surface area contributed by atoms with Crippen molar-refractivity contribution in [2.75, 3.05) is 13.7 Å². The third kappa shape index (κ3) is 7.27. The van der Waals surface area contributed by atoms with Gasteiger partial charge in [-0.05, 0) is 48.1 Å². The highest BCUT2D eigenvalue weighted by Gasteiger charge is 2.41. The van der Waals surface area contributed by atoms with E-state index in [1.54, 1.807) is 0 Å². The van der Waals surface area contributed by atoms with E-state index in [2.05, 4.69) is 42.8 Å². The van der Waals surface area contributed by atoms with Gasteiger partial charge in [-0.15, -0.1) is 11.6 Å². The van der Waals surface area contributed by atoms with Crippen molar-refractivity contribution < 1.29 is 19.7 Å². The number of hydrogen-bond donors (Lipinski definition) is 2. The van der Waals surface area contributed by atoms with E-state index in [1.807, 2.05) is 0 Å². The molecule has 164 valence electrons. The number of hydrogen-bond acceptors (Lipinski definition) is 4. The molecule has 0 spiro atoms. The van der Waals surface area contributed by atoms with Crippen LogP contribution in [-0.2, 0) is 16.0 Å². The number of carbonyl (C=O) groups excluding carboxylic acids is 1. The number of methoxy groups -OCH3 is 1. The zero-order valence-corrected chi connectivity index (χ0v) is 18.8. The van der Waals surface area contributed by atoms with E-state index in [0.717, 1.165) is 44.1 Å². The minimum Gasteiger partial charge on any atom is -0.469 e. The first-order chi connectivity index (χ1) is 13.8. The smallest absolute Gasteiger partial charge is 0.305 e. The van der Waals surface area contributed by atoms with Crippen LogP contribution in [0.5, 0.6) is 0 Å². The summed E-state index contributed by atoms with van der Waals surface area (Å²) in [6.45, 7) is 4.27. The third-order valence-corrected chi connectivity index (χ3v) is 6.68. The zero-order valence-electron chi connectivity index (χ0n) is 18.1. The van der Waals surface area contributed by atoms with Gasteiger partial charge in [0.15, 0.2) is 0 Å². The molecule has 0 unspecified atom stereocenters. The Kier molecular flexibility index (Phi) is 9.45. The fourth-order valence-electron chi connectivity index (χ4n) is 4.46. The molecule has 0 aromatic heterocycles. The second kappa shape index (κ2) is 11.3. The second-order valence-corrected chi connectivity index (χ2v) is 9.84. The lowest BCUT2D eigenvalue weighted by atomic mass is 9.82. The fourth-order valence-corrected chi connectivity index (χ4v) is 4.93. The van der Waals surface area contributed by atoms with Crippen molar-refractivity contribution in [1.82, 2.24) is 0 Å². The van der Waals surface area contributed by atoms with Crippen LogP contribution in [-0.4, -0.2) is 41.4 Å². The van der Waals surface area contributed by atoms with Gasteiger partial charge in [-0.2, -0.15) is 0 Å². The monoisotopic (exact) mass is 424 g/mol. The summed E-state index contributed by atoms with van der Waals surface area (Å²) in [4.78, 5) is 11.2. The largest absolute Gasteiger partial charge is 0.469 e. The van der Waals surface area contributed by atoms with Crippen LogP contribution in [0.15, 0.2) is 24.3 Å². The number of ether oxygens (including phenoxy) is 1. The minimum atomic E-state index is -0.401. The van der Waals surface area contributed by atoms with Gasteiger partial charge in [0.2, 0.25) is 0 Å². The lowest BCUT2D eigenvalue weighted by Crippen LogP contribution is -2.20. The van der Waals surface area contributed by atoms with Gasteiger partial charge < -0.3 is 14.9 Å². The van der Waals surface area contributed by atoms with Crippen molar-refractivity contribution in [1.29, 1.82) is 0 Å². The average Bonchev–Trinajstić information content (AvgIpc) is 2.97. The molecule has 4 nitrogen and oxygen atoms in total. The molecule has 1 fully saturated rings. The molecule has 0 radical (unpaired) electrons. The minimum absolute atomic E-state index is 0.00179. The lowest BCUT2D eigenvalue weighted by Gasteiger charge is -2.25. The summed E-state index contributed by atoms with van der Waals surface area (Å²) in [5, 5.41) is 20.1. The van der Waals surface area contributed by atoms with Crippen LogP contribution >= 0.6 is 11.6 Å². The zero-order chi connectivity index (χ0) is 21.4. The molecule has 1 aliphatic carbocycles. The molecular weight excluding hydrogens is 388 g/mol. The molecule has 1 aromatic carbocycles. The Morgan fingerprint density at radius 1 is 1.17 bits per heavy atom. The quantitative estimate of drug-likeness (QED) is 0.303. The number of aliphatic hydroxyl groups excluding tert-OH is 2. The Balaban J connectivity index is 1.91. The number of unbranched alkanes of at least 4 members (excludes halogenated alkanes) is 3. The summed E-state index contributed by atoms with van der Waals surface area (Å²) in [6.07, 6.45) is 6.53. The third-order valence-electron chi connectivity index (χ3n) is 6.18. The molecule has 0 saturated heterocycles. The number of rotatable bonds is 11. The van der Waals surface area contributed by atoms with Gasteiger partial charge in [0, 0.05) is 24.3 Å². The van der Waals surface area contributed by atoms with E-state index in [1.165, 1.54) is 12.7 Å². The van der Waals surface area contributed by atoms with Gasteiger partial charge >= 0.3 is 5.97 Å². The molecule has 0 aliphatic heterocycles. The van der Waals surface area contributed by atoms with E-state index >= 15 is 0 Å². The predicted octanol–water partition coefficient (Wildman–Crippen LogP) is 4.83. The predicted molar refractivity (Wildman–Crippen MR) is 117 cm³/mol. The van der Waals surface area contributed by atoms with Gasteiger partial charge in [0.25, 0.3) is 0 Å². The number of alkyl halides is 1. The van der Waals surface area contributed by atoms with Crippen molar-refractivity contribution in [3.05, 3.63) is 35.4 Å². The number of benzene rings is 1. The highest BCUT2D eigenvalue weighted by atomic mass is 35.5. The van der Waals surface area contributed by atoms with Gasteiger partial charge in [0.1, 0.15) is 0 Å². The summed E-state index contributed by atoms with van der Waals surface area (Å²) < 4.78 is 4.67. The molecule has 1 aromatic rings. The van der Waals surface area contributed by atoms with Crippen molar-refractivity contribution in [2.24, 2.45) is 11.3 Å². The van der Waals surface area contributed by atoms with E-state index in [4.69, 9.17) is 11.6 Å². The number of esters is 1. The van der Waals surface area contributed by atoms with E-state index in [-0.39, 0.29) is 35.2 Å². The Bertz CT molecular complexity index is 628. The molecule has 1 aliphatic rings. The Morgan fingerprint density at radius 3 is 2.45 bits per heavy atom. The van der Waals surface area contributed by atoms with E-state index < -0.39 is 6.10 Å². The van der Waals surface area contributed by atoms with Crippen LogP contribution in [0.25, 0.3) is 0 Å². The first kappa shape index (κ1) is 24.2. The molecule has 2 rings (SSSR count). The number of carbonyl (C=O) groups is 1. The fraction of sp³-hybridized carbons (Fsp3) is 0.708. The van der Waals surface area contributed by atoms with Crippen molar-refractivity contribution >= 4 is 17.6 Å². The maximum atomic E-state index is 11.2. The Labute approximate surface area is 180 Å². The van der Waals surface area contributed by atoms with Crippen LogP contribution < -0.4 is 0 Å². The van der Waals surface area contributed by atoms with Crippen LogP contribution in [0.1, 0.15) is 75.8 Å². The molecule has 4 atom stereocenters. The molecular formula is C24H37ClO4. The Hall–Kier alpha value is -1.10. The molecule has 0 heterocycles. The van der Waals surface area contributed by atoms with E-state index in [0.29, 0.717) is 12.8 Å². The summed E-state index contributed by atoms with van der Waals surface area (Å²) in [5.41, 5.74) is 2.22. The Morgan fingerprint density at radius 2 is 1.83 bits per heavy atom. The molecule has 2 N–H and O–H groups in total. The topological polar surface area (TPSA) is 66.8 Å². The number of aliphatic hydroxyl groups is 2. The summed E-state index contributed by atoms with van der Waals surface area (Å²) in [5.74, 6) is 0.204. The van der Waals surface area contributed by atoms with Gasteiger partial charge in [-0.25, -0.2) is 0 Å². The highest BCUT2D eigenvalue weighted by Crippen LogP contribution is 2.45. The molecule has 0 bridgehead atoms. The van der Waals surface area contributed by atoms with Gasteiger partial charge in [-0.3, -0.25) is 4.79 Å². The van der Waals surface area contributed by atoms with E-state index in [9.17, 15) is 15.0 Å². The summed E-state index contributed by atoms with van der Waals surface area (Å²) >= 11 is 6.61. The molecule has 0 amide bonds. The standard InChI is InChI=1S/C24H37ClO4/c1-24(2,16-26)15-17-10-12-18(13-11-17)23-19(20(25)14-21(23)27)8-6-4-5-7-9-22(28)29-3/h10-13,19-21,23,26-27H,4-9,14-16H2,1-3H3/t19-,20-,21+,23+/m0/s1. The maximum Gasteiger partial charge on any atom is 0.305 e.